The number of likely N-dealkylation sites (tertiary alicyclic amines) is 1. The van der Waals surface area contributed by atoms with E-state index in [9.17, 15) is 14.4 Å². The molecule has 0 radical (unpaired) electrons. The van der Waals surface area contributed by atoms with Gasteiger partial charge in [-0.15, -0.1) is 0 Å². The first kappa shape index (κ1) is 21.0. The molecule has 7 heteroatoms. The van der Waals surface area contributed by atoms with Crippen LogP contribution in [0.5, 0.6) is 0 Å². The summed E-state index contributed by atoms with van der Waals surface area (Å²) in [7, 11) is 0. The fourth-order valence-electron chi connectivity index (χ4n) is 5.16. The lowest BCUT2D eigenvalue weighted by atomic mass is 9.78. The highest BCUT2D eigenvalue weighted by molar-refractivity contribution is 6.05. The van der Waals surface area contributed by atoms with Gasteiger partial charge in [0.15, 0.2) is 0 Å². The first-order chi connectivity index (χ1) is 14.3. The predicted molar refractivity (Wildman–Crippen MR) is 113 cm³/mol. The maximum atomic E-state index is 12.9. The number of hydrogen-bond donors (Lipinski definition) is 2. The summed E-state index contributed by atoms with van der Waals surface area (Å²) in [4.78, 5) is 40.7. The summed E-state index contributed by atoms with van der Waals surface area (Å²) in [6, 6.07) is 5.92. The summed E-state index contributed by atoms with van der Waals surface area (Å²) in [5, 5.41) is 2.35. The number of carbonyl (C=O) groups excluding carboxylic acids is 3. The van der Waals surface area contributed by atoms with Crippen LogP contribution in [-0.4, -0.2) is 52.7 Å². The fourth-order valence-corrected chi connectivity index (χ4v) is 5.16. The molecule has 2 saturated heterocycles. The van der Waals surface area contributed by atoms with E-state index in [1.807, 2.05) is 12.1 Å². The van der Waals surface area contributed by atoms with Gasteiger partial charge < -0.3 is 10.6 Å². The molecule has 0 spiro atoms. The minimum Gasteiger partial charge on any atom is -0.330 e. The Bertz CT molecular complexity index is 866. The number of benzene rings is 1. The number of rotatable bonds is 5. The van der Waals surface area contributed by atoms with Gasteiger partial charge >= 0.3 is 0 Å². The number of piperidine rings is 2. The zero-order valence-corrected chi connectivity index (χ0v) is 17.9. The number of nitrogens with one attached hydrogen (secondary N) is 1. The van der Waals surface area contributed by atoms with Crippen molar-refractivity contribution in [3.05, 3.63) is 34.9 Å². The molecule has 3 heterocycles. The first-order valence-electron chi connectivity index (χ1n) is 11.0. The molecule has 3 N–H and O–H groups in total. The maximum absolute atomic E-state index is 12.9. The van der Waals surface area contributed by atoms with Gasteiger partial charge in [-0.05, 0) is 55.0 Å². The Morgan fingerprint density at radius 2 is 1.97 bits per heavy atom. The van der Waals surface area contributed by atoms with Crippen LogP contribution in [0.2, 0.25) is 0 Å². The number of hydrogen-bond acceptors (Lipinski definition) is 5. The van der Waals surface area contributed by atoms with Crippen molar-refractivity contribution in [1.82, 2.24) is 15.1 Å². The van der Waals surface area contributed by atoms with Gasteiger partial charge in [-0.1, -0.05) is 32.4 Å². The summed E-state index contributed by atoms with van der Waals surface area (Å²) in [5.41, 5.74) is 8.95. The number of imide groups is 1. The Labute approximate surface area is 178 Å². The molecule has 2 fully saturated rings. The maximum Gasteiger partial charge on any atom is 0.255 e. The highest BCUT2D eigenvalue weighted by Gasteiger charge is 2.39. The van der Waals surface area contributed by atoms with Crippen molar-refractivity contribution in [3.8, 4) is 0 Å². The quantitative estimate of drug-likeness (QED) is 0.719. The summed E-state index contributed by atoms with van der Waals surface area (Å²) in [6.45, 7) is 7.48. The zero-order chi connectivity index (χ0) is 21.5. The molecule has 3 aliphatic rings. The number of nitrogens with two attached hydrogens (primary N) is 1. The van der Waals surface area contributed by atoms with Gasteiger partial charge in [-0.2, -0.15) is 0 Å². The van der Waals surface area contributed by atoms with Crippen molar-refractivity contribution in [3.63, 3.8) is 0 Å². The molecule has 2 unspecified atom stereocenters. The monoisotopic (exact) mass is 412 g/mol. The molecule has 3 amide bonds. The Morgan fingerprint density at radius 1 is 1.17 bits per heavy atom. The van der Waals surface area contributed by atoms with Gasteiger partial charge in [-0.25, -0.2) is 0 Å². The topological polar surface area (TPSA) is 95.7 Å². The highest BCUT2D eigenvalue weighted by Crippen LogP contribution is 2.34. The lowest BCUT2D eigenvalue weighted by Gasteiger charge is -2.44. The predicted octanol–water partition coefficient (Wildman–Crippen LogP) is 1.79. The Hall–Kier alpha value is -2.25. The SMILES string of the molecule is CC(C)(CN)C1CCCCN1Cc1ccc2c(c1)CN(C1CCC(=O)NC1=O)C2=O. The smallest absolute Gasteiger partial charge is 0.255 e. The Kier molecular flexibility index (Phi) is 5.68. The van der Waals surface area contributed by atoms with Crippen LogP contribution in [0.4, 0.5) is 0 Å². The summed E-state index contributed by atoms with van der Waals surface area (Å²) < 4.78 is 0. The fraction of sp³-hybridized carbons (Fsp3) is 0.609. The molecule has 1 aromatic carbocycles. The van der Waals surface area contributed by atoms with Gasteiger partial charge in [0, 0.05) is 31.1 Å². The normalized spacial score (nSPS) is 25.4. The van der Waals surface area contributed by atoms with Crippen LogP contribution >= 0.6 is 0 Å². The van der Waals surface area contributed by atoms with E-state index in [1.165, 1.54) is 18.4 Å². The van der Waals surface area contributed by atoms with Gasteiger partial charge in [0.2, 0.25) is 11.8 Å². The average molecular weight is 413 g/mol. The lowest BCUT2D eigenvalue weighted by molar-refractivity contribution is -0.136. The number of amides is 3. The minimum absolute atomic E-state index is 0.0652. The molecule has 30 heavy (non-hydrogen) atoms. The van der Waals surface area contributed by atoms with E-state index in [0.717, 1.165) is 25.1 Å². The summed E-state index contributed by atoms with van der Waals surface area (Å²) >= 11 is 0. The molecule has 2 atom stereocenters. The van der Waals surface area contributed by atoms with E-state index < -0.39 is 6.04 Å². The Balaban J connectivity index is 1.50. The van der Waals surface area contributed by atoms with Crippen LogP contribution in [0.25, 0.3) is 0 Å². The molecule has 3 aliphatic heterocycles. The molecule has 7 nitrogen and oxygen atoms in total. The summed E-state index contributed by atoms with van der Waals surface area (Å²) in [5.74, 6) is -0.752. The van der Waals surface area contributed by atoms with Crippen LogP contribution in [0, 0.1) is 5.41 Å². The molecular formula is C23H32N4O3. The third kappa shape index (κ3) is 3.88. The zero-order valence-electron chi connectivity index (χ0n) is 17.9. The first-order valence-corrected chi connectivity index (χ1v) is 11.0. The van der Waals surface area contributed by atoms with Crippen LogP contribution < -0.4 is 11.1 Å². The second-order valence-corrected chi connectivity index (χ2v) is 9.57. The van der Waals surface area contributed by atoms with Crippen LogP contribution in [-0.2, 0) is 22.7 Å². The molecule has 0 aliphatic carbocycles. The van der Waals surface area contributed by atoms with Crippen molar-refractivity contribution in [2.75, 3.05) is 13.1 Å². The second kappa shape index (κ2) is 8.12. The molecule has 0 aromatic heterocycles. The van der Waals surface area contributed by atoms with E-state index in [2.05, 4.69) is 30.1 Å². The van der Waals surface area contributed by atoms with Gasteiger partial charge in [0.1, 0.15) is 6.04 Å². The average Bonchev–Trinajstić information content (AvgIpc) is 3.04. The van der Waals surface area contributed by atoms with Crippen molar-refractivity contribution in [2.24, 2.45) is 11.1 Å². The van der Waals surface area contributed by atoms with E-state index in [0.29, 0.717) is 31.1 Å². The third-order valence-electron chi connectivity index (χ3n) is 7.02. The number of nitrogens with zero attached hydrogens (tertiary/aromatic N) is 2. The van der Waals surface area contributed by atoms with Gasteiger partial charge in [0.25, 0.3) is 5.91 Å². The minimum atomic E-state index is -0.567. The van der Waals surface area contributed by atoms with E-state index in [-0.39, 0.29) is 29.6 Å². The molecule has 162 valence electrons. The third-order valence-corrected chi connectivity index (χ3v) is 7.02. The largest absolute Gasteiger partial charge is 0.330 e. The van der Waals surface area contributed by atoms with Crippen molar-refractivity contribution in [2.45, 2.75) is 71.1 Å². The number of carbonyl (C=O) groups is 3. The van der Waals surface area contributed by atoms with E-state index in [4.69, 9.17) is 5.73 Å². The van der Waals surface area contributed by atoms with E-state index in [1.54, 1.807) is 4.90 Å². The standard InChI is InChI=1S/C23H32N4O3/c1-23(2,14-24)19-5-3-4-10-26(19)12-15-6-7-17-16(11-15)13-27(22(17)30)18-8-9-20(28)25-21(18)29/h6-7,11,18-19H,3-5,8-10,12-14,24H2,1-2H3,(H,25,28,29). The second-order valence-electron chi connectivity index (χ2n) is 9.57. The lowest BCUT2D eigenvalue weighted by Crippen LogP contribution is -2.52. The van der Waals surface area contributed by atoms with Gasteiger partial charge in [0.05, 0.1) is 0 Å². The summed E-state index contributed by atoms with van der Waals surface area (Å²) in [6.07, 6.45) is 4.26. The van der Waals surface area contributed by atoms with Crippen LogP contribution in [0.15, 0.2) is 18.2 Å². The van der Waals surface area contributed by atoms with Gasteiger partial charge in [-0.3, -0.25) is 24.6 Å². The molecule has 0 saturated carbocycles. The van der Waals surface area contributed by atoms with Crippen LogP contribution in [0.3, 0.4) is 0 Å². The number of fused-ring (bicyclic) bond motifs is 1. The van der Waals surface area contributed by atoms with Crippen molar-refractivity contribution >= 4 is 17.7 Å². The van der Waals surface area contributed by atoms with Crippen molar-refractivity contribution < 1.29 is 14.4 Å². The van der Waals surface area contributed by atoms with E-state index >= 15 is 0 Å². The van der Waals surface area contributed by atoms with Crippen molar-refractivity contribution in [1.29, 1.82) is 0 Å². The highest BCUT2D eigenvalue weighted by atomic mass is 16.2. The molecule has 1 aromatic rings. The molecular weight excluding hydrogens is 380 g/mol. The Morgan fingerprint density at radius 3 is 2.70 bits per heavy atom. The molecule has 4 rings (SSSR count). The van der Waals surface area contributed by atoms with Crippen LogP contribution in [0.1, 0.15) is 67.4 Å². The molecule has 0 bridgehead atoms.